The Bertz CT molecular complexity index is 1180. The minimum Gasteiger partial charge on any atom is -0.361 e. The highest BCUT2D eigenvalue weighted by atomic mass is 32.2. The summed E-state index contributed by atoms with van der Waals surface area (Å²) in [6.45, 7) is 0.566. The van der Waals surface area contributed by atoms with E-state index >= 15 is 0 Å². The second-order valence-electron chi connectivity index (χ2n) is 9.03. The van der Waals surface area contributed by atoms with Gasteiger partial charge >= 0.3 is 0 Å². The number of benzene rings is 2. The van der Waals surface area contributed by atoms with Crippen LogP contribution in [-0.2, 0) is 16.0 Å². The zero-order valence-electron chi connectivity index (χ0n) is 19.2. The second-order valence-corrected chi connectivity index (χ2v) is 10.2. The Morgan fingerprint density at radius 2 is 1.82 bits per heavy atom. The van der Waals surface area contributed by atoms with Crippen molar-refractivity contribution in [3.63, 3.8) is 0 Å². The van der Waals surface area contributed by atoms with Gasteiger partial charge in [-0.15, -0.1) is 0 Å². The normalized spacial score (nSPS) is 20.4. The number of carbonyl (C=O) groups excluding carboxylic acids is 2. The van der Waals surface area contributed by atoms with Gasteiger partial charge in [-0.05, 0) is 43.0 Å². The van der Waals surface area contributed by atoms with E-state index in [0.717, 1.165) is 35.6 Å². The Balaban J connectivity index is 1.31. The molecule has 2 N–H and O–H groups in total. The molecule has 1 saturated carbocycles. The molecule has 5 rings (SSSR count). The Morgan fingerprint density at radius 1 is 1.06 bits per heavy atom. The minimum atomic E-state index is -0.436. The first-order chi connectivity index (χ1) is 16.7. The van der Waals surface area contributed by atoms with Crippen molar-refractivity contribution >= 4 is 45.3 Å². The molecule has 1 unspecified atom stereocenters. The van der Waals surface area contributed by atoms with Crippen LogP contribution in [0.2, 0.25) is 0 Å². The van der Waals surface area contributed by atoms with Crippen LogP contribution in [0.1, 0.15) is 44.1 Å². The van der Waals surface area contributed by atoms with Gasteiger partial charge in [0.2, 0.25) is 11.8 Å². The molecule has 0 spiro atoms. The summed E-state index contributed by atoms with van der Waals surface area (Å²) in [5.41, 5.74) is 3.04. The van der Waals surface area contributed by atoms with E-state index in [4.69, 9.17) is 4.99 Å². The van der Waals surface area contributed by atoms with Gasteiger partial charge in [-0.25, -0.2) is 0 Å². The maximum absolute atomic E-state index is 13.4. The number of thioether (sulfide) groups is 1. The number of hydrogen-bond donors (Lipinski definition) is 2. The third-order valence-electron chi connectivity index (χ3n) is 6.60. The fraction of sp³-hybridized carbons (Fsp3) is 0.370. The van der Waals surface area contributed by atoms with Crippen LogP contribution in [0, 0.1) is 0 Å². The average Bonchev–Trinajstić information content (AvgIpc) is 3.39. The number of carbonyl (C=O) groups is 2. The molecule has 2 aromatic carbocycles. The molecule has 0 bridgehead atoms. The molecule has 0 radical (unpaired) electrons. The highest BCUT2D eigenvalue weighted by Crippen LogP contribution is 2.32. The molecule has 1 aliphatic carbocycles. The van der Waals surface area contributed by atoms with Gasteiger partial charge in [-0.2, -0.15) is 0 Å². The maximum atomic E-state index is 13.4. The van der Waals surface area contributed by atoms with Crippen LogP contribution in [0.25, 0.3) is 10.9 Å². The van der Waals surface area contributed by atoms with Crippen molar-refractivity contribution in [1.82, 2.24) is 9.88 Å². The molecule has 1 saturated heterocycles. The van der Waals surface area contributed by atoms with E-state index < -0.39 is 5.25 Å². The van der Waals surface area contributed by atoms with Gasteiger partial charge in [-0.1, -0.05) is 67.4 Å². The Hall–Kier alpha value is -3.06. The first-order valence-corrected chi connectivity index (χ1v) is 13.0. The molecule has 34 heavy (non-hydrogen) atoms. The van der Waals surface area contributed by atoms with E-state index in [1.165, 1.54) is 42.0 Å². The van der Waals surface area contributed by atoms with E-state index in [2.05, 4.69) is 22.4 Å². The number of aromatic nitrogens is 1. The Labute approximate surface area is 204 Å². The van der Waals surface area contributed by atoms with E-state index in [-0.39, 0.29) is 24.3 Å². The summed E-state index contributed by atoms with van der Waals surface area (Å²) in [6.07, 6.45) is 8.72. The van der Waals surface area contributed by atoms with Crippen LogP contribution in [-0.4, -0.2) is 44.7 Å². The third-order valence-corrected chi connectivity index (χ3v) is 7.79. The fourth-order valence-corrected chi connectivity index (χ4v) is 6.02. The summed E-state index contributed by atoms with van der Waals surface area (Å²) in [7, 11) is 0. The molecular weight excluding hydrogens is 444 g/mol. The van der Waals surface area contributed by atoms with E-state index in [0.29, 0.717) is 6.54 Å². The molecule has 176 valence electrons. The topological polar surface area (TPSA) is 77.6 Å². The number of H-pyrrole nitrogens is 1. The van der Waals surface area contributed by atoms with Crippen molar-refractivity contribution in [1.29, 1.82) is 0 Å². The summed E-state index contributed by atoms with van der Waals surface area (Å²) < 4.78 is 0. The summed E-state index contributed by atoms with van der Waals surface area (Å²) in [5.74, 6) is -0.157. The molecule has 1 aromatic heterocycles. The first-order valence-electron chi connectivity index (χ1n) is 12.1. The van der Waals surface area contributed by atoms with Crippen LogP contribution in [0.15, 0.2) is 65.8 Å². The number of rotatable bonds is 7. The molecule has 2 fully saturated rings. The number of fused-ring (bicyclic) bond motifs is 1. The van der Waals surface area contributed by atoms with Crippen molar-refractivity contribution in [3.05, 3.63) is 66.4 Å². The predicted octanol–water partition coefficient (Wildman–Crippen LogP) is 5.37. The van der Waals surface area contributed by atoms with Crippen LogP contribution in [0.5, 0.6) is 0 Å². The Morgan fingerprint density at radius 3 is 2.65 bits per heavy atom. The zero-order chi connectivity index (χ0) is 23.3. The SMILES string of the molecule is O=C(CC1SC(=NC2CCCCC2)N(CCc2c[nH]c3ccccc23)C1=O)Nc1ccccc1. The number of para-hydroxylation sites is 2. The lowest BCUT2D eigenvalue weighted by Gasteiger charge is -2.21. The predicted molar refractivity (Wildman–Crippen MR) is 139 cm³/mol. The number of nitrogens with one attached hydrogen (secondary N) is 2. The van der Waals surface area contributed by atoms with E-state index in [1.807, 2.05) is 53.6 Å². The summed E-state index contributed by atoms with van der Waals surface area (Å²) in [6, 6.07) is 17.9. The average molecular weight is 475 g/mol. The molecule has 1 aliphatic heterocycles. The Kier molecular flexibility index (Phi) is 7.00. The van der Waals surface area contributed by atoms with Crippen LogP contribution in [0.4, 0.5) is 5.69 Å². The lowest BCUT2D eigenvalue weighted by atomic mass is 9.96. The van der Waals surface area contributed by atoms with Crippen molar-refractivity contribution in [2.24, 2.45) is 4.99 Å². The standard InChI is InChI=1S/C27H30N4O2S/c32-25(29-20-9-3-1-4-10-20)17-24-26(33)31(27(34-24)30-21-11-5-2-6-12-21)16-15-19-18-28-23-14-8-7-13-22(19)23/h1,3-4,7-10,13-14,18,21,24,28H,2,5-6,11-12,15-17H2,(H,29,32). The molecule has 2 amide bonds. The van der Waals surface area contributed by atoms with Gasteiger partial charge in [-0.3, -0.25) is 19.5 Å². The number of nitrogens with zero attached hydrogens (tertiary/aromatic N) is 2. The van der Waals surface area contributed by atoms with Crippen molar-refractivity contribution < 1.29 is 9.59 Å². The molecule has 1 atom stereocenters. The van der Waals surface area contributed by atoms with Crippen molar-refractivity contribution in [3.8, 4) is 0 Å². The van der Waals surface area contributed by atoms with Gasteiger partial charge in [0.05, 0.1) is 6.04 Å². The first kappa shape index (κ1) is 22.7. The van der Waals surface area contributed by atoms with Crippen molar-refractivity contribution in [2.75, 3.05) is 11.9 Å². The number of aliphatic imine (C=N–C) groups is 1. The van der Waals surface area contributed by atoms with Gasteiger partial charge < -0.3 is 10.3 Å². The van der Waals surface area contributed by atoms with Crippen LogP contribution in [0.3, 0.4) is 0 Å². The summed E-state index contributed by atoms with van der Waals surface area (Å²) in [5, 5.41) is 4.44. The van der Waals surface area contributed by atoms with Crippen molar-refractivity contribution in [2.45, 2.75) is 56.2 Å². The van der Waals surface area contributed by atoms with E-state index in [9.17, 15) is 9.59 Å². The van der Waals surface area contributed by atoms with Crippen LogP contribution < -0.4 is 5.32 Å². The molecular formula is C27H30N4O2S. The van der Waals surface area contributed by atoms with E-state index in [1.54, 1.807) is 0 Å². The molecule has 2 aliphatic rings. The maximum Gasteiger partial charge on any atom is 0.242 e. The highest BCUT2D eigenvalue weighted by molar-refractivity contribution is 8.15. The zero-order valence-corrected chi connectivity index (χ0v) is 20.0. The fourth-order valence-electron chi connectivity index (χ4n) is 4.78. The lowest BCUT2D eigenvalue weighted by Crippen LogP contribution is -2.35. The second kappa shape index (κ2) is 10.5. The molecule has 2 heterocycles. The molecule has 6 nitrogen and oxygen atoms in total. The number of amidine groups is 1. The smallest absolute Gasteiger partial charge is 0.242 e. The largest absolute Gasteiger partial charge is 0.361 e. The quantitative estimate of drug-likeness (QED) is 0.483. The third kappa shape index (κ3) is 5.20. The minimum absolute atomic E-state index is 0.0115. The van der Waals surface area contributed by atoms with Crippen LogP contribution >= 0.6 is 11.8 Å². The summed E-state index contributed by atoms with van der Waals surface area (Å²) in [4.78, 5) is 36.2. The summed E-state index contributed by atoms with van der Waals surface area (Å²) >= 11 is 1.46. The van der Waals surface area contributed by atoms with Gasteiger partial charge in [0.1, 0.15) is 5.25 Å². The number of hydrogen-bond acceptors (Lipinski definition) is 4. The molecule has 3 aromatic rings. The molecule has 7 heteroatoms. The highest BCUT2D eigenvalue weighted by Gasteiger charge is 2.39. The van der Waals surface area contributed by atoms with Gasteiger partial charge in [0.15, 0.2) is 5.17 Å². The number of anilines is 1. The van der Waals surface area contributed by atoms with Gasteiger partial charge in [0, 0.05) is 35.8 Å². The lowest BCUT2D eigenvalue weighted by molar-refractivity contribution is -0.128. The number of aromatic amines is 1. The monoisotopic (exact) mass is 474 g/mol. The van der Waals surface area contributed by atoms with Gasteiger partial charge in [0.25, 0.3) is 0 Å². The number of amides is 2.